The fourth-order valence-corrected chi connectivity index (χ4v) is 4.52. The molecule has 1 heterocycles. The zero-order valence-electron chi connectivity index (χ0n) is 22.1. The third kappa shape index (κ3) is 6.34. The molecule has 186 valence electrons. The second-order valence-electron chi connectivity index (χ2n) is 11.4. The largest absolute Gasteiger partial charge is 0.507 e. The van der Waals surface area contributed by atoms with Gasteiger partial charge in [0.1, 0.15) is 11.5 Å². The number of fused-ring (bicyclic) bond motifs is 1. The van der Waals surface area contributed by atoms with Crippen molar-refractivity contribution in [3.05, 3.63) is 86.7 Å². The Kier molecular flexibility index (Phi) is 7.51. The van der Waals surface area contributed by atoms with E-state index < -0.39 is 0 Å². The van der Waals surface area contributed by atoms with E-state index in [1.807, 2.05) is 36.4 Å². The highest BCUT2D eigenvalue weighted by Gasteiger charge is 2.24. The average Bonchev–Trinajstić information content (AvgIpc) is 3.11. The maximum absolute atomic E-state index is 10.8. The zero-order valence-corrected chi connectivity index (χ0v) is 22.9. The first-order valence-corrected chi connectivity index (χ1v) is 12.4. The fourth-order valence-electron chi connectivity index (χ4n) is 4.30. The van der Waals surface area contributed by atoms with Crippen LogP contribution in [0.1, 0.15) is 74.9 Å². The van der Waals surface area contributed by atoms with Crippen LogP contribution in [0, 0.1) is 18.6 Å². The number of aryl methyl sites for hydroxylation is 2. The molecule has 4 nitrogen and oxygen atoms in total. The lowest BCUT2D eigenvalue weighted by Gasteiger charge is -2.25. The summed E-state index contributed by atoms with van der Waals surface area (Å²) in [6.45, 7) is 16.7. The summed E-state index contributed by atoms with van der Waals surface area (Å²) >= 11 is 4.90. The summed E-state index contributed by atoms with van der Waals surface area (Å²) in [4.78, 5) is 6.04. The first-order valence-electron chi connectivity index (χ1n) is 12.0. The minimum atomic E-state index is -0.129. The topological polar surface area (TPSA) is 72.0 Å². The first-order chi connectivity index (χ1) is 16.2. The number of phenolic OH excluding ortho intramolecular Hbond substituents is 2. The molecule has 0 atom stereocenters. The van der Waals surface area contributed by atoms with E-state index in [0.29, 0.717) is 22.7 Å². The van der Waals surface area contributed by atoms with Gasteiger partial charge in [0.15, 0.2) is 4.77 Å². The van der Waals surface area contributed by atoms with Gasteiger partial charge >= 0.3 is 0 Å². The summed E-state index contributed by atoms with van der Waals surface area (Å²) in [5.74, 6) is 0.688. The van der Waals surface area contributed by atoms with Crippen LogP contribution in [0.3, 0.4) is 0 Å². The molecule has 0 unspecified atom stereocenters. The molecule has 4 N–H and O–H groups in total. The Morgan fingerprint density at radius 1 is 0.686 bits per heavy atom. The van der Waals surface area contributed by atoms with Gasteiger partial charge < -0.3 is 20.2 Å². The van der Waals surface area contributed by atoms with Crippen LogP contribution >= 0.6 is 12.2 Å². The van der Waals surface area contributed by atoms with E-state index in [1.54, 1.807) is 0 Å². The molecule has 5 heteroatoms. The maximum Gasteiger partial charge on any atom is 0.175 e. The van der Waals surface area contributed by atoms with Gasteiger partial charge in [-0.25, -0.2) is 0 Å². The van der Waals surface area contributed by atoms with Crippen LogP contribution in [0.5, 0.6) is 11.5 Å². The monoisotopic (exact) mass is 490 g/mol. The molecule has 0 spiro atoms. The van der Waals surface area contributed by atoms with Gasteiger partial charge in [-0.05, 0) is 71.3 Å². The second-order valence-corrected chi connectivity index (χ2v) is 11.9. The van der Waals surface area contributed by atoms with E-state index in [1.165, 1.54) is 0 Å². The number of phenols is 2. The molecule has 0 bridgehead atoms. The van der Waals surface area contributed by atoms with Crippen molar-refractivity contribution >= 4 is 23.3 Å². The SMILES string of the molecule is Cc1cc(Cc2cc(C)cc(C(C)(C)C)c2O)c(O)c(C(C)(C)C)c1.S=c1[nH]c2ccccc2[nH]1. The lowest BCUT2D eigenvalue weighted by molar-refractivity contribution is 0.435. The molecule has 0 saturated heterocycles. The number of hydrogen-bond donors (Lipinski definition) is 4. The van der Waals surface area contributed by atoms with E-state index in [-0.39, 0.29) is 10.8 Å². The number of nitrogens with one attached hydrogen (secondary N) is 2. The van der Waals surface area contributed by atoms with Crippen molar-refractivity contribution in [3.63, 3.8) is 0 Å². The van der Waals surface area contributed by atoms with Crippen molar-refractivity contribution in [1.82, 2.24) is 9.97 Å². The molecule has 0 fully saturated rings. The summed E-state index contributed by atoms with van der Waals surface area (Å²) in [6, 6.07) is 16.1. The van der Waals surface area contributed by atoms with E-state index >= 15 is 0 Å². The van der Waals surface area contributed by atoms with Crippen molar-refractivity contribution in [1.29, 1.82) is 0 Å². The fraction of sp³-hybridized carbons (Fsp3) is 0.367. The van der Waals surface area contributed by atoms with Gasteiger partial charge in [0.05, 0.1) is 11.0 Å². The standard InChI is InChI=1S/C23H32O2.C7H6N2S/c1-14-9-16(20(24)18(11-14)22(3,4)5)13-17-10-15(2)12-19(21(17)25)23(6,7)8;10-7-8-5-3-1-2-4-6(5)9-7/h9-12,24-25H,13H2,1-8H3;1-4H,(H2,8,9,10). The number of aromatic nitrogens is 2. The van der Waals surface area contributed by atoms with Crippen LogP contribution < -0.4 is 0 Å². The van der Waals surface area contributed by atoms with Gasteiger partial charge in [0.25, 0.3) is 0 Å². The average molecular weight is 491 g/mol. The summed E-state index contributed by atoms with van der Waals surface area (Å²) in [5, 5.41) is 21.6. The molecular weight excluding hydrogens is 452 g/mol. The Balaban J connectivity index is 0.000000281. The molecular formula is C30H38N2O2S. The van der Waals surface area contributed by atoms with Crippen molar-refractivity contribution in [3.8, 4) is 11.5 Å². The highest BCUT2D eigenvalue weighted by molar-refractivity contribution is 7.71. The van der Waals surface area contributed by atoms with Gasteiger partial charge in [0.2, 0.25) is 0 Å². The van der Waals surface area contributed by atoms with Crippen LogP contribution in [0.25, 0.3) is 11.0 Å². The Morgan fingerprint density at radius 2 is 1.06 bits per heavy atom. The molecule has 0 aliphatic carbocycles. The lowest BCUT2D eigenvalue weighted by atomic mass is 9.81. The number of para-hydroxylation sites is 2. The van der Waals surface area contributed by atoms with Crippen LogP contribution in [0.15, 0.2) is 48.5 Å². The Labute approximate surface area is 214 Å². The van der Waals surface area contributed by atoms with Gasteiger partial charge in [-0.1, -0.05) is 89.1 Å². The first kappa shape index (κ1) is 26.6. The van der Waals surface area contributed by atoms with Crippen molar-refractivity contribution in [2.45, 2.75) is 72.6 Å². The predicted octanol–water partition coefficient (Wildman–Crippen LogP) is 8.13. The van der Waals surface area contributed by atoms with Crippen LogP contribution in [0.2, 0.25) is 0 Å². The quantitative estimate of drug-likeness (QED) is 0.214. The number of aromatic hydroxyl groups is 2. The molecule has 35 heavy (non-hydrogen) atoms. The Morgan fingerprint density at radius 3 is 1.40 bits per heavy atom. The van der Waals surface area contributed by atoms with Crippen molar-refractivity contribution in [2.24, 2.45) is 0 Å². The Hall–Kier alpha value is -3.05. The highest BCUT2D eigenvalue weighted by Crippen LogP contribution is 2.39. The lowest BCUT2D eigenvalue weighted by Crippen LogP contribution is -2.14. The van der Waals surface area contributed by atoms with Gasteiger partial charge in [-0.15, -0.1) is 0 Å². The van der Waals surface area contributed by atoms with E-state index in [9.17, 15) is 10.2 Å². The number of benzene rings is 3. The third-order valence-corrected chi connectivity index (χ3v) is 6.29. The predicted molar refractivity (Wildman–Crippen MR) is 149 cm³/mol. The number of imidazole rings is 1. The summed E-state index contributed by atoms with van der Waals surface area (Å²) in [6.07, 6.45) is 0.521. The molecule has 4 rings (SSSR count). The van der Waals surface area contributed by atoms with Crippen LogP contribution in [-0.2, 0) is 17.3 Å². The number of hydrogen-bond acceptors (Lipinski definition) is 3. The molecule has 0 radical (unpaired) electrons. The minimum absolute atomic E-state index is 0.129. The van der Waals surface area contributed by atoms with E-state index in [4.69, 9.17) is 12.2 Å². The third-order valence-electron chi connectivity index (χ3n) is 6.09. The number of H-pyrrole nitrogens is 2. The number of aromatic amines is 2. The van der Waals surface area contributed by atoms with Crippen molar-refractivity contribution in [2.75, 3.05) is 0 Å². The van der Waals surface area contributed by atoms with Gasteiger partial charge in [0, 0.05) is 6.42 Å². The highest BCUT2D eigenvalue weighted by atomic mass is 32.1. The van der Waals surface area contributed by atoms with Crippen LogP contribution in [0.4, 0.5) is 0 Å². The summed E-state index contributed by atoms with van der Waals surface area (Å²) in [7, 11) is 0. The molecule has 0 aliphatic rings. The van der Waals surface area contributed by atoms with E-state index in [0.717, 1.165) is 44.4 Å². The molecule has 4 aromatic rings. The summed E-state index contributed by atoms with van der Waals surface area (Å²) < 4.78 is 0.682. The molecule has 0 aliphatic heterocycles. The zero-order chi connectivity index (χ0) is 26.1. The second kappa shape index (κ2) is 9.90. The Bertz CT molecular complexity index is 1300. The normalized spacial score (nSPS) is 11.9. The van der Waals surface area contributed by atoms with Crippen molar-refractivity contribution < 1.29 is 10.2 Å². The molecule has 1 aromatic heterocycles. The van der Waals surface area contributed by atoms with Gasteiger partial charge in [-0.3, -0.25) is 0 Å². The van der Waals surface area contributed by atoms with E-state index in [2.05, 4.69) is 77.5 Å². The summed E-state index contributed by atoms with van der Waals surface area (Å²) in [5.41, 5.74) is 7.75. The minimum Gasteiger partial charge on any atom is -0.507 e. The maximum atomic E-state index is 10.8. The van der Waals surface area contributed by atoms with Crippen LogP contribution in [-0.4, -0.2) is 20.2 Å². The molecule has 0 saturated carbocycles. The van der Waals surface area contributed by atoms with Gasteiger partial charge in [-0.2, -0.15) is 0 Å². The molecule has 0 amide bonds. The number of rotatable bonds is 2. The smallest absolute Gasteiger partial charge is 0.175 e. The molecule has 3 aromatic carbocycles.